The smallest absolute Gasteiger partial charge is 0.0991 e. The molecular weight excluding hydrogens is 272 g/mol. The van der Waals surface area contributed by atoms with Gasteiger partial charge in [-0.3, -0.25) is 4.90 Å². The van der Waals surface area contributed by atoms with Crippen LogP contribution in [0.1, 0.15) is 35.8 Å². The fraction of sp³-hybridized carbons (Fsp3) is 0.316. The third-order valence-electron chi connectivity index (χ3n) is 4.34. The van der Waals surface area contributed by atoms with Crippen molar-refractivity contribution in [2.45, 2.75) is 19.1 Å². The van der Waals surface area contributed by atoms with Crippen LogP contribution in [0.5, 0.6) is 0 Å². The third kappa shape index (κ3) is 3.19. The fourth-order valence-electron chi connectivity index (χ4n) is 2.94. The molecule has 112 valence electrons. The highest BCUT2D eigenvalue weighted by molar-refractivity contribution is 5.32. The number of ether oxygens (including phenoxy) is 1. The van der Waals surface area contributed by atoms with E-state index < -0.39 is 0 Å². The molecule has 0 radical (unpaired) electrons. The lowest BCUT2D eigenvalue weighted by atomic mass is 10.0. The summed E-state index contributed by atoms with van der Waals surface area (Å²) < 4.78 is 5.93. The van der Waals surface area contributed by atoms with E-state index in [1.165, 1.54) is 5.56 Å². The van der Waals surface area contributed by atoms with Gasteiger partial charge in [-0.2, -0.15) is 5.26 Å². The Kier molecular flexibility index (Phi) is 4.53. The number of hydrogen-bond donors (Lipinski definition) is 0. The largest absolute Gasteiger partial charge is 0.371 e. The highest BCUT2D eigenvalue weighted by Crippen LogP contribution is 2.28. The zero-order valence-corrected chi connectivity index (χ0v) is 12.8. The van der Waals surface area contributed by atoms with E-state index >= 15 is 0 Å². The van der Waals surface area contributed by atoms with Gasteiger partial charge in [0.25, 0.3) is 0 Å². The Morgan fingerprint density at radius 1 is 1.14 bits per heavy atom. The summed E-state index contributed by atoms with van der Waals surface area (Å²) in [4.78, 5) is 2.46. The molecule has 3 rings (SSSR count). The predicted octanol–water partition coefficient (Wildman–Crippen LogP) is 3.69. The number of morpholine rings is 1. The maximum atomic E-state index is 8.89. The van der Waals surface area contributed by atoms with Crippen molar-refractivity contribution in [3.63, 3.8) is 0 Å². The standard InChI is InChI=1S/C19H20N2O/c1-15(17-5-3-2-4-6-17)21-11-12-22-19(14-21)18-9-7-16(13-20)8-10-18/h2-10,15,19H,11-12,14H2,1H3/t15?,19-/m1/s1. The van der Waals surface area contributed by atoms with Gasteiger partial charge in [0.15, 0.2) is 0 Å². The first kappa shape index (κ1) is 14.8. The Labute approximate surface area is 131 Å². The Balaban J connectivity index is 1.72. The third-order valence-corrected chi connectivity index (χ3v) is 4.34. The van der Waals surface area contributed by atoms with Crippen molar-refractivity contribution in [1.82, 2.24) is 4.90 Å². The molecule has 1 fully saturated rings. The fourth-order valence-corrected chi connectivity index (χ4v) is 2.94. The van der Waals surface area contributed by atoms with Crippen molar-refractivity contribution >= 4 is 0 Å². The summed E-state index contributed by atoms with van der Waals surface area (Å²) in [5.74, 6) is 0. The molecule has 1 saturated heterocycles. The number of nitriles is 1. The van der Waals surface area contributed by atoms with Crippen LogP contribution in [0.3, 0.4) is 0 Å². The molecule has 1 aliphatic rings. The van der Waals surface area contributed by atoms with Crippen molar-refractivity contribution in [3.8, 4) is 6.07 Å². The minimum absolute atomic E-state index is 0.0765. The van der Waals surface area contributed by atoms with Crippen LogP contribution in [0.25, 0.3) is 0 Å². The minimum Gasteiger partial charge on any atom is -0.371 e. The Morgan fingerprint density at radius 2 is 1.86 bits per heavy atom. The molecule has 1 aliphatic heterocycles. The molecule has 0 N–H and O–H groups in total. The van der Waals surface area contributed by atoms with E-state index in [0.29, 0.717) is 11.6 Å². The number of nitrogens with zero attached hydrogens (tertiary/aromatic N) is 2. The number of hydrogen-bond acceptors (Lipinski definition) is 3. The molecule has 22 heavy (non-hydrogen) atoms. The molecule has 3 nitrogen and oxygen atoms in total. The topological polar surface area (TPSA) is 36.3 Å². The van der Waals surface area contributed by atoms with E-state index in [4.69, 9.17) is 10.00 Å². The molecule has 3 heteroatoms. The van der Waals surface area contributed by atoms with Gasteiger partial charge in [-0.15, -0.1) is 0 Å². The first-order chi connectivity index (χ1) is 10.8. The van der Waals surface area contributed by atoms with Gasteiger partial charge in [0.05, 0.1) is 24.3 Å². The summed E-state index contributed by atoms with van der Waals surface area (Å²) in [6, 6.07) is 20.8. The molecule has 0 saturated carbocycles. The van der Waals surface area contributed by atoms with Gasteiger partial charge < -0.3 is 4.74 Å². The molecule has 0 aliphatic carbocycles. The first-order valence-corrected chi connectivity index (χ1v) is 7.68. The van der Waals surface area contributed by atoms with Crippen molar-refractivity contribution in [2.75, 3.05) is 19.7 Å². The average Bonchev–Trinajstić information content (AvgIpc) is 2.62. The summed E-state index contributed by atoms with van der Waals surface area (Å²) in [7, 11) is 0. The van der Waals surface area contributed by atoms with Crippen LogP contribution in [0, 0.1) is 11.3 Å². The highest BCUT2D eigenvalue weighted by Gasteiger charge is 2.25. The van der Waals surface area contributed by atoms with Crippen molar-refractivity contribution in [2.24, 2.45) is 0 Å². The highest BCUT2D eigenvalue weighted by atomic mass is 16.5. The Bertz CT molecular complexity index is 645. The summed E-state index contributed by atoms with van der Waals surface area (Å²) in [5.41, 5.74) is 3.17. The lowest BCUT2D eigenvalue weighted by Crippen LogP contribution is -2.39. The molecule has 2 atom stereocenters. The molecule has 0 aromatic heterocycles. The van der Waals surface area contributed by atoms with Crippen molar-refractivity contribution in [3.05, 3.63) is 71.3 Å². The van der Waals surface area contributed by atoms with Crippen molar-refractivity contribution < 1.29 is 4.74 Å². The summed E-state index contributed by atoms with van der Waals surface area (Å²) in [6.07, 6.45) is 0.0765. The summed E-state index contributed by atoms with van der Waals surface area (Å²) >= 11 is 0. The van der Waals surface area contributed by atoms with E-state index in [0.717, 1.165) is 25.3 Å². The van der Waals surface area contributed by atoms with E-state index in [9.17, 15) is 0 Å². The number of rotatable bonds is 3. The summed E-state index contributed by atoms with van der Waals surface area (Å²) in [5, 5.41) is 8.89. The van der Waals surface area contributed by atoms with Crippen LogP contribution in [0.4, 0.5) is 0 Å². The van der Waals surface area contributed by atoms with Crippen LogP contribution < -0.4 is 0 Å². The Morgan fingerprint density at radius 3 is 2.55 bits per heavy atom. The maximum absolute atomic E-state index is 8.89. The van der Waals surface area contributed by atoms with Gasteiger partial charge in [-0.25, -0.2) is 0 Å². The molecule has 2 aromatic carbocycles. The van der Waals surface area contributed by atoms with E-state index in [1.807, 2.05) is 24.3 Å². The van der Waals surface area contributed by atoms with Gasteiger partial charge in [0.1, 0.15) is 0 Å². The van der Waals surface area contributed by atoms with Crippen LogP contribution >= 0.6 is 0 Å². The van der Waals surface area contributed by atoms with Gasteiger partial charge in [0.2, 0.25) is 0 Å². The monoisotopic (exact) mass is 292 g/mol. The predicted molar refractivity (Wildman–Crippen MR) is 86.3 cm³/mol. The maximum Gasteiger partial charge on any atom is 0.0991 e. The number of benzene rings is 2. The molecule has 0 bridgehead atoms. The summed E-state index contributed by atoms with van der Waals surface area (Å²) in [6.45, 7) is 4.81. The van der Waals surface area contributed by atoms with Crippen LogP contribution in [0.2, 0.25) is 0 Å². The normalized spacial score (nSPS) is 20.3. The first-order valence-electron chi connectivity index (χ1n) is 7.68. The second kappa shape index (κ2) is 6.74. The van der Waals surface area contributed by atoms with Crippen LogP contribution in [-0.2, 0) is 4.74 Å². The quantitative estimate of drug-likeness (QED) is 0.865. The molecule has 1 heterocycles. The lowest BCUT2D eigenvalue weighted by molar-refractivity contribution is -0.0431. The lowest BCUT2D eigenvalue weighted by Gasteiger charge is -2.37. The van der Waals surface area contributed by atoms with E-state index in [2.05, 4.69) is 48.2 Å². The molecule has 1 unspecified atom stereocenters. The zero-order valence-electron chi connectivity index (χ0n) is 12.8. The van der Waals surface area contributed by atoms with E-state index in [1.54, 1.807) is 0 Å². The van der Waals surface area contributed by atoms with Crippen LogP contribution in [0.15, 0.2) is 54.6 Å². The Hall–Kier alpha value is -2.15. The van der Waals surface area contributed by atoms with Gasteiger partial charge in [-0.05, 0) is 30.2 Å². The minimum atomic E-state index is 0.0765. The molecule has 0 amide bonds. The SMILES string of the molecule is CC(c1ccccc1)N1CCO[C@@H](c2ccc(C#N)cc2)C1. The van der Waals surface area contributed by atoms with Gasteiger partial charge in [0, 0.05) is 19.1 Å². The van der Waals surface area contributed by atoms with Gasteiger partial charge >= 0.3 is 0 Å². The second-order valence-electron chi connectivity index (χ2n) is 5.67. The van der Waals surface area contributed by atoms with Crippen LogP contribution in [-0.4, -0.2) is 24.6 Å². The van der Waals surface area contributed by atoms with E-state index in [-0.39, 0.29) is 6.10 Å². The molecule has 0 spiro atoms. The molecular formula is C19H20N2O. The van der Waals surface area contributed by atoms with Gasteiger partial charge in [-0.1, -0.05) is 42.5 Å². The second-order valence-corrected chi connectivity index (χ2v) is 5.67. The molecule has 2 aromatic rings. The van der Waals surface area contributed by atoms with Crippen molar-refractivity contribution in [1.29, 1.82) is 5.26 Å². The average molecular weight is 292 g/mol. The zero-order chi connectivity index (χ0) is 15.4.